The van der Waals surface area contributed by atoms with Crippen molar-refractivity contribution in [1.82, 2.24) is 25.5 Å². The Morgan fingerprint density at radius 3 is 2.36 bits per heavy atom. The molecule has 300 valence electrons. The molecule has 13 nitrogen and oxygen atoms in total. The van der Waals surface area contributed by atoms with Gasteiger partial charge in [0.25, 0.3) is 0 Å². The van der Waals surface area contributed by atoms with Crippen molar-refractivity contribution >= 4 is 57.0 Å². The van der Waals surface area contributed by atoms with E-state index in [1.54, 1.807) is 12.1 Å². The molecular weight excluding hydrogens is 733 g/mol. The van der Waals surface area contributed by atoms with Crippen LogP contribution in [0.25, 0.3) is 22.3 Å². The SMILES string of the molecule is C=C[C@@H]1C[C@]1(NC(=O)[C@@H]1C[C@@H](Oc2cc(-c3csc(NC(=O)C(C)(C)C)n3)nc3cc(C)ccc23)CN1C(=O)[C@@H](NC(=O)OC1CCCC1)C(C)(C)C)C(C)=O. The second kappa shape index (κ2) is 15.6. The number of Topliss-reactive ketones (excluding diaryl/α,β-unsaturated/α-hetero) is 1. The van der Waals surface area contributed by atoms with Crippen molar-refractivity contribution in [1.29, 1.82) is 0 Å². The Balaban J connectivity index is 1.31. The summed E-state index contributed by atoms with van der Waals surface area (Å²) in [6.07, 6.45) is 4.21. The smallest absolute Gasteiger partial charge is 0.408 e. The molecule has 1 saturated heterocycles. The third-order valence-electron chi connectivity index (χ3n) is 11.0. The number of amides is 4. The first-order valence-electron chi connectivity index (χ1n) is 19.4. The van der Waals surface area contributed by atoms with Gasteiger partial charge < -0.3 is 30.3 Å². The van der Waals surface area contributed by atoms with Crippen LogP contribution in [0.5, 0.6) is 5.75 Å². The van der Waals surface area contributed by atoms with Crippen LogP contribution >= 0.6 is 11.3 Å². The van der Waals surface area contributed by atoms with E-state index in [0.717, 1.165) is 36.6 Å². The van der Waals surface area contributed by atoms with Gasteiger partial charge in [0.05, 0.1) is 17.8 Å². The molecule has 6 rings (SSSR count). The summed E-state index contributed by atoms with van der Waals surface area (Å²) in [7, 11) is 0. The number of aryl methyl sites for hydroxylation is 1. The fourth-order valence-corrected chi connectivity index (χ4v) is 8.16. The predicted molar refractivity (Wildman–Crippen MR) is 215 cm³/mol. The number of hydrogen-bond acceptors (Lipinski definition) is 10. The van der Waals surface area contributed by atoms with Crippen LogP contribution in [-0.4, -0.2) is 80.8 Å². The maximum atomic E-state index is 14.6. The summed E-state index contributed by atoms with van der Waals surface area (Å²) in [6, 6.07) is 5.57. The topological polar surface area (TPSA) is 169 Å². The van der Waals surface area contributed by atoms with Gasteiger partial charge in [0.2, 0.25) is 17.7 Å². The normalized spacial score (nSPS) is 23.0. The Labute approximate surface area is 332 Å². The Kier molecular flexibility index (Phi) is 11.4. The van der Waals surface area contributed by atoms with E-state index in [1.165, 1.54) is 23.2 Å². The number of carbonyl (C=O) groups excluding carboxylic acids is 5. The number of fused-ring (bicyclic) bond motifs is 1. The molecule has 3 N–H and O–H groups in total. The number of carbonyl (C=O) groups is 5. The Morgan fingerprint density at radius 2 is 1.73 bits per heavy atom. The molecule has 3 heterocycles. The number of rotatable bonds is 11. The number of likely N-dealkylation sites (tertiary alicyclic amines) is 1. The number of pyridine rings is 1. The van der Waals surface area contributed by atoms with Gasteiger partial charge in [0.15, 0.2) is 10.9 Å². The number of nitrogens with one attached hydrogen (secondary N) is 3. The highest BCUT2D eigenvalue weighted by Crippen LogP contribution is 2.45. The van der Waals surface area contributed by atoms with Crippen LogP contribution in [0.15, 0.2) is 42.3 Å². The molecule has 3 aliphatic rings. The molecule has 1 aromatic carbocycles. The summed E-state index contributed by atoms with van der Waals surface area (Å²) in [5, 5.41) is 11.7. The van der Waals surface area contributed by atoms with E-state index < -0.39 is 52.5 Å². The minimum Gasteiger partial charge on any atom is -0.488 e. The van der Waals surface area contributed by atoms with Crippen molar-refractivity contribution in [2.45, 2.75) is 124 Å². The molecule has 2 aliphatic carbocycles. The third kappa shape index (κ3) is 8.75. The van der Waals surface area contributed by atoms with Crippen molar-refractivity contribution < 1.29 is 33.4 Å². The molecule has 5 atom stereocenters. The maximum absolute atomic E-state index is 14.6. The molecule has 2 saturated carbocycles. The van der Waals surface area contributed by atoms with Crippen molar-refractivity contribution in [2.24, 2.45) is 16.7 Å². The summed E-state index contributed by atoms with van der Waals surface area (Å²) in [5.74, 6) is -1.01. The van der Waals surface area contributed by atoms with E-state index in [1.807, 2.05) is 72.0 Å². The van der Waals surface area contributed by atoms with Crippen molar-refractivity contribution in [2.75, 3.05) is 11.9 Å². The number of benzene rings is 1. The van der Waals surface area contributed by atoms with E-state index in [9.17, 15) is 24.0 Å². The lowest BCUT2D eigenvalue weighted by Crippen LogP contribution is -2.59. The summed E-state index contributed by atoms with van der Waals surface area (Å²) >= 11 is 1.29. The van der Waals surface area contributed by atoms with E-state index >= 15 is 0 Å². The number of alkyl carbamates (subject to hydrolysis) is 1. The molecule has 0 bridgehead atoms. The number of hydrogen-bond donors (Lipinski definition) is 3. The Hall–Kier alpha value is -4.85. The molecule has 14 heteroatoms. The van der Waals surface area contributed by atoms with Crippen LogP contribution in [0.2, 0.25) is 0 Å². The van der Waals surface area contributed by atoms with Gasteiger partial charge >= 0.3 is 6.09 Å². The maximum Gasteiger partial charge on any atom is 0.408 e. The number of ether oxygens (including phenoxy) is 2. The first-order valence-corrected chi connectivity index (χ1v) is 20.3. The van der Waals surface area contributed by atoms with Gasteiger partial charge in [-0.05, 0) is 69.1 Å². The molecule has 56 heavy (non-hydrogen) atoms. The van der Waals surface area contributed by atoms with Gasteiger partial charge in [0, 0.05) is 34.6 Å². The van der Waals surface area contributed by atoms with Gasteiger partial charge in [-0.2, -0.15) is 0 Å². The third-order valence-corrected chi connectivity index (χ3v) is 11.7. The molecular formula is C42H54N6O7S. The van der Waals surface area contributed by atoms with Gasteiger partial charge in [0.1, 0.15) is 41.3 Å². The lowest BCUT2D eigenvalue weighted by atomic mass is 9.85. The summed E-state index contributed by atoms with van der Waals surface area (Å²) < 4.78 is 12.4. The van der Waals surface area contributed by atoms with Crippen LogP contribution in [0.3, 0.4) is 0 Å². The highest BCUT2D eigenvalue weighted by atomic mass is 32.1. The molecule has 3 fully saturated rings. The van der Waals surface area contributed by atoms with E-state index in [0.29, 0.717) is 34.2 Å². The highest BCUT2D eigenvalue weighted by Gasteiger charge is 2.59. The monoisotopic (exact) mass is 786 g/mol. The van der Waals surface area contributed by atoms with Crippen LogP contribution in [0, 0.1) is 23.7 Å². The highest BCUT2D eigenvalue weighted by molar-refractivity contribution is 7.14. The first-order chi connectivity index (χ1) is 26.3. The fourth-order valence-electron chi connectivity index (χ4n) is 7.46. The second-order valence-corrected chi connectivity index (χ2v) is 18.4. The fraction of sp³-hybridized carbons (Fsp3) is 0.548. The number of anilines is 1. The van der Waals surface area contributed by atoms with Gasteiger partial charge in [-0.3, -0.25) is 19.2 Å². The lowest BCUT2D eigenvalue weighted by Gasteiger charge is -2.35. The Morgan fingerprint density at radius 1 is 1.02 bits per heavy atom. The zero-order valence-electron chi connectivity index (χ0n) is 33.6. The van der Waals surface area contributed by atoms with E-state index in [2.05, 4.69) is 27.5 Å². The zero-order valence-corrected chi connectivity index (χ0v) is 34.4. The molecule has 0 radical (unpaired) electrons. The zero-order chi connectivity index (χ0) is 40.7. The number of thiazole rings is 1. The van der Waals surface area contributed by atoms with Crippen molar-refractivity contribution in [3.05, 3.63) is 47.9 Å². The number of nitrogens with zero attached hydrogens (tertiary/aromatic N) is 3. The van der Waals surface area contributed by atoms with Crippen molar-refractivity contribution in [3.63, 3.8) is 0 Å². The standard InChI is InChI=1S/C42H54N6O7S/c1-10-25-20-42(25,24(3)49)47-35(50)32-18-27(21-48(32)36(51)34(40(4,5)6)45-39(53)55-26-13-11-12-14-26)54-33-19-30(43-29-17-23(2)15-16-28(29)33)31-22-56-38(44-31)46-37(52)41(7,8)9/h10,15-17,19,22,25-27,32,34H,1,11-14,18,20-21H2,2-9H3,(H,45,53)(H,47,50)(H,44,46,52)/t25-,27-,32+,34-,42+/m1/s1. The quantitative estimate of drug-likeness (QED) is 0.179. The lowest BCUT2D eigenvalue weighted by molar-refractivity contribution is -0.142. The van der Waals surface area contributed by atoms with Gasteiger partial charge in [-0.15, -0.1) is 17.9 Å². The summed E-state index contributed by atoms with van der Waals surface area (Å²) in [6.45, 7) is 18.3. The predicted octanol–water partition coefficient (Wildman–Crippen LogP) is 6.73. The second-order valence-electron chi connectivity index (χ2n) is 17.6. The molecule has 4 amide bonds. The van der Waals surface area contributed by atoms with Crippen LogP contribution in [0.1, 0.15) is 92.6 Å². The van der Waals surface area contributed by atoms with E-state index in [4.69, 9.17) is 14.5 Å². The van der Waals surface area contributed by atoms with Crippen LogP contribution in [-0.2, 0) is 23.9 Å². The molecule has 0 unspecified atom stereocenters. The summed E-state index contributed by atoms with van der Waals surface area (Å²) in [5.41, 5.74) is 0.302. The Bertz CT molecular complexity index is 2040. The summed E-state index contributed by atoms with van der Waals surface area (Å²) in [4.78, 5) is 78.5. The van der Waals surface area contributed by atoms with Gasteiger partial charge in [-0.25, -0.2) is 14.8 Å². The molecule has 1 aliphatic heterocycles. The first kappa shape index (κ1) is 40.8. The van der Waals surface area contributed by atoms with E-state index in [-0.39, 0.29) is 36.7 Å². The molecule has 0 spiro atoms. The molecule has 2 aromatic heterocycles. The van der Waals surface area contributed by atoms with Gasteiger partial charge in [-0.1, -0.05) is 53.7 Å². The largest absolute Gasteiger partial charge is 0.488 e. The van der Waals surface area contributed by atoms with Crippen LogP contribution in [0.4, 0.5) is 9.93 Å². The average molecular weight is 787 g/mol. The number of ketones is 1. The minimum atomic E-state index is -1.08. The van der Waals surface area contributed by atoms with Crippen LogP contribution < -0.4 is 20.7 Å². The average Bonchev–Trinajstić information content (AvgIpc) is 3.52. The number of aromatic nitrogens is 2. The van der Waals surface area contributed by atoms with Crippen molar-refractivity contribution in [3.8, 4) is 17.1 Å². The minimum absolute atomic E-state index is 0.0332. The molecule has 3 aromatic rings.